The van der Waals surface area contributed by atoms with Gasteiger partial charge in [-0.3, -0.25) is 0 Å². The number of rotatable bonds is 3. The Bertz CT molecular complexity index is 663. The van der Waals surface area contributed by atoms with Crippen LogP contribution in [-0.2, 0) is 14.3 Å². The summed E-state index contributed by atoms with van der Waals surface area (Å²) >= 11 is 0. The van der Waals surface area contributed by atoms with Crippen LogP contribution in [-0.4, -0.2) is 35.0 Å². The van der Waals surface area contributed by atoms with E-state index in [1.165, 1.54) is 0 Å². The van der Waals surface area contributed by atoms with E-state index in [1.54, 1.807) is 6.92 Å². The molecule has 0 unspecified atom stereocenters. The first kappa shape index (κ1) is 19.8. The van der Waals surface area contributed by atoms with Crippen LogP contribution in [0.4, 0.5) is 0 Å². The molecule has 4 heteroatoms. The summed E-state index contributed by atoms with van der Waals surface area (Å²) in [6.07, 6.45) is 3.98. The van der Waals surface area contributed by atoms with Gasteiger partial charge >= 0.3 is 0 Å². The van der Waals surface area contributed by atoms with E-state index < -0.39 is 16.8 Å². The summed E-state index contributed by atoms with van der Waals surface area (Å²) in [5.41, 5.74) is -0.793. The van der Waals surface area contributed by atoms with Crippen molar-refractivity contribution in [1.29, 1.82) is 0 Å². The highest BCUT2D eigenvalue weighted by Gasteiger charge is 2.64. The zero-order valence-corrected chi connectivity index (χ0v) is 17.3. The van der Waals surface area contributed by atoms with Gasteiger partial charge in [0.15, 0.2) is 5.79 Å². The van der Waals surface area contributed by atoms with Crippen molar-refractivity contribution >= 4 is 6.29 Å². The Balaban J connectivity index is 2.22. The second-order valence-electron chi connectivity index (χ2n) is 9.89. The minimum Gasteiger partial charge on any atom is -0.380 e. The quantitative estimate of drug-likeness (QED) is 0.608. The number of carbonyl (C=O) groups is 1. The molecule has 1 N–H and O–H groups in total. The fraction of sp³-hybridized carbons (Fsp3) is 0.773. The van der Waals surface area contributed by atoms with Gasteiger partial charge < -0.3 is 19.4 Å². The topological polar surface area (TPSA) is 55.8 Å². The average Bonchev–Trinajstić information content (AvgIpc) is 2.89. The molecule has 4 nitrogen and oxygen atoms in total. The average molecular weight is 363 g/mol. The third-order valence-electron chi connectivity index (χ3n) is 7.21. The molecule has 1 heterocycles. The molecule has 146 valence electrons. The van der Waals surface area contributed by atoms with Gasteiger partial charge in [-0.2, -0.15) is 0 Å². The van der Waals surface area contributed by atoms with Gasteiger partial charge in [0.25, 0.3) is 0 Å². The zero-order valence-electron chi connectivity index (χ0n) is 17.3. The summed E-state index contributed by atoms with van der Waals surface area (Å²) in [5.74, 6) is 0.0185. The van der Waals surface area contributed by atoms with E-state index in [2.05, 4.69) is 27.4 Å². The van der Waals surface area contributed by atoms with E-state index in [9.17, 15) is 9.90 Å². The number of hydrogen-bond acceptors (Lipinski definition) is 4. The molecule has 1 saturated heterocycles. The normalized spacial score (nSPS) is 47.1. The van der Waals surface area contributed by atoms with Crippen LogP contribution in [0.25, 0.3) is 0 Å². The molecular weight excluding hydrogens is 328 g/mol. The van der Waals surface area contributed by atoms with Crippen molar-refractivity contribution in [2.24, 2.45) is 22.7 Å². The third kappa shape index (κ3) is 2.49. The maximum Gasteiger partial charge on any atom is 0.164 e. The van der Waals surface area contributed by atoms with Crippen molar-refractivity contribution in [2.75, 3.05) is 0 Å². The molecule has 2 aliphatic carbocycles. The lowest BCUT2D eigenvalue weighted by Gasteiger charge is -2.40. The van der Waals surface area contributed by atoms with Crippen molar-refractivity contribution in [3.63, 3.8) is 0 Å². The predicted molar refractivity (Wildman–Crippen MR) is 102 cm³/mol. The van der Waals surface area contributed by atoms with E-state index in [0.717, 1.165) is 18.3 Å². The Morgan fingerprint density at radius 1 is 1.27 bits per heavy atom. The van der Waals surface area contributed by atoms with Crippen LogP contribution in [0.2, 0.25) is 0 Å². The fourth-order valence-electron chi connectivity index (χ4n) is 5.70. The second-order valence-corrected chi connectivity index (χ2v) is 9.89. The van der Waals surface area contributed by atoms with Gasteiger partial charge in [0.2, 0.25) is 0 Å². The first-order valence-electron chi connectivity index (χ1n) is 9.75. The summed E-state index contributed by atoms with van der Waals surface area (Å²) in [6, 6.07) is 0. The minimum absolute atomic E-state index is 0.0313. The van der Waals surface area contributed by atoms with Crippen molar-refractivity contribution in [2.45, 2.75) is 84.9 Å². The summed E-state index contributed by atoms with van der Waals surface area (Å²) in [4.78, 5) is 12.0. The molecule has 3 aliphatic rings. The number of ether oxygens (including phenoxy) is 2. The van der Waals surface area contributed by atoms with Gasteiger partial charge in [0, 0.05) is 0 Å². The fourth-order valence-corrected chi connectivity index (χ4v) is 5.70. The molecule has 26 heavy (non-hydrogen) atoms. The first-order valence-corrected chi connectivity index (χ1v) is 9.75. The monoisotopic (exact) mass is 362 g/mol. The largest absolute Gasteiger partial charge is 0.380 e. The molecule has 0 amide bonds. The summed E-state index contributed by atoms with van der Waals surface area (Å²) in [7, 11) is 0. The van der Waals surface area contributed by atoms with Gasteiger partial charge in [-0.05, 0) is 75.0 Å². The molecule has 0 bridgehead atoms. The lowest BCUT2D eigenvalue weighted by atomic mass is 9.66. The van der Waals surface area contributed by atoms with Crippen molar-refractivity contribution in [1.82, 2.24) is 0 Å². The first-order chi connectivity index (χ1) is 11.8. The third-order valence-corrected chi connectivity index (χ3v) is 7.21. The number of aldehydes is 1. The van der Waals surface area contributed by atoms with Gasteiger partial charge in [-0.15, -0.1) is 0 Å². The van der Waals surface area contributed by atoms with E-state index >= 15 is 0 Å². The van der Waals surface area contributed by atoms with Gasteiger partial charge in [-0.1, -0.05) is 27.4 Å². The van der Waals surface area contributed by atoms with E-state index in [1.807, 2.05) is 26.8 Å². The Morgan fingerprint density at radius 3 is 2.38 bits per heavy atom. The smallest absolute Gasteiger partial charge is 0.164 e. The molecule has 0 radical (unpaired) electrons. The van der Waals surface area contributed by atoms with Crippen LogP contribution in [0.3, 0.4) is 0 Å². The van der Waals surface area contributed by atoms with Crippen molar-refractivity contribution in [3.05, 3.63) is 23.8 Å². The lowest BCUT2D eigenvalue weighted by molar-refractivity contribution is -0.162. The molecule has 6 atom stereocenters. The molecule has 1 aliphatic heterocycles. The van der Waals surface area contributed by atoms with E-state index in [0.29, 0.717) is 17.9 Å². The molecule has 0 aromatic rings. The molecule has 1 saturated carbocycles. The van der Waals surface area contributed by atoms with Crippen LogP contribution in [0.5, 0.6) is 0 Å². The zero-order chi connectivity index (χ0) is 19.7. The van der Waals surface area contributed by atoms with Gasteiger partial charge in [-0.25, -0.2) is 0 Å². The second kappa shape index (κ2) is 5.76. The Hall–Kier alpha value is -0.970. The Morgan fingerprint density at radius 2 is 1.88 bits per heavy atom. The number of aliphatic hydroxyl groups is 1. The number of fused-ring (bicyclic) bond motifs is 3. The maximum absolute atomic E-state index is 12.0. The van der Waals surface area contributed by atoms with Gasteiger partial charge in [0.1, 0.15) is 18.0 Å². The Labute approximate surface area is 157 Å². The lowest BCUT2D eigenvalue weighted by Crippen LogP contribution is -2.47. The van der Waals surface area contributed by atoms with E-state index in [4.69, 9.17) is 9.47 Å². The standard InChI is InChI=1S/C22H34O4/c1-13(2)16-18-17(25-19(5,6)26-18)15-11-22(24,14(3)4)20(7,12-23)9-10-21(15,16)8/h11-13,16-18,24H,3,9-10H2,1-2,4-8H3/t16-,17+,18-,20+,21-,22-/m0/s1. The van der Waals surface area contributed by atoms with Crippen molar-refractivity contribution < 1.29 is 19.4 Å². The van der Waals surface area contributed by atoms with Crippen molar-refractivity contribution in [3.8, 4) is 0 Å². The number of carbonyl (C=O) groups excluding carboxylic acids is 1. The van der Waals surface area contributed by atoms with Gasteiger partial charge in [0.05, 0.1) is 11.5 Å². The SMILES string of the molecule is C=C(C)[C@@]1(O)C=C2[C@H]3OC(C)(C)O[C@H]3[C@H](C(C)C)[C@@]2(C)CC[C@]1(C)C=O. The van der Waals surface area contributed by atoms with E-state index in [-0.39, 0.29) is 23.5 Å². The van der Waals surface area contributed by atoms with Crippen LogP contribution in [0, 0.1) is 22.7 Å². The summed E-state index contributed by atoms with van der Waals surface area (Å²) in [5, 5.41) is 11.6. The highest BCUT2D eigenvalue weighted by atomic mass is 16.8. The highest BCUT2D eigenvalue weighted by molar-refractivity contribution is 5.65. The summed E-state index contributed by atoms with van der Waals surface area (Å²) in [6.45, 7) is 18.2. The molecular formula is C22H34O4. The van der Waals surface area contributed by atoms with Crippen LogP contribution < -0.4 is 0 Å². The minimum atomic E-state index is -1.38. The number of hydrogen-bond donors (Lipinski definition) is 1. The highest BCUT2D eigenvalue weighted by Crippen LogP contribution is 2.62. The van der Waals surface area contributed by atoms with Crippen LogP contribution in [0.15, 0.2) is 23.8 Å². The summed E-state index contributed by atoms with van der Waals surface area (Å²) < 4.78 is 12.6. The maximum atomic E-state index is 12.0. The molecule has 0 spiro atoms. The molecule has 0 aromatic heterocycles. The molecule has 3 rings (SSSR count). The molecule has 2 fully saturated rings. The predicted octanol–water partition coefficient (Wildman–Crippen LogP) is 4.03. The Kier molecular flexibility index (Phi) is 4.38. The van der Waals surface area contributed by atoms with Crippen LogP contribution in [0.1, 0.15) is 61.3 Å². The van der Waals surface area contributed by atoms with Crippen LogP contribution >= 0.6 is 0 Å². The molecule has 0 aromatic carbocycles.